The number of carbonyl (C=O) groups is 1. The van der Waals surface area contributed by atoms with Gasteiger partial charge in [0, 0.05) is 17.1 Å². The van der Waals surface area contributed by atoms with Gasteiger partial charge in [0.2, 0.25) is 0 Å². The second kappa shape index (κ2) is 33.1. The zero-order valence-electron chi connectivity index (χ0n) is 8.57. The van der Waals surface area contributed by atoms with Crippen molar-refractivity contribution in [1.29, 1.82) is 0 Å². The molecule has 0 aromatic rings. The van der Waals surface area contributed by atoms with Gasteiger partial charge in [-0.25, -0.2) is 4.79 Å². The van der Waals surface area contributed by atoms with Gasteiger partial charge in [0.05, 0.1) is 0 Å². The Bertz CT molecular complexity index is 51.5. The molecule has 0 saturated heterocycles. The second-order valence-electron chi connectivity index (χ2n) is 0.283. The van der Waals surface area contributed by atoms with Crippen molar-refractivity contribution in [3.63, 3.8) is 0 Å². The number of hydrogen-bond acceptors (Lipinski definition) is 1. The van der Waals surface area contributed by atoms with Crippen molar-refractivity contribution in [2.24, 2.45) is 0 Å². The van der Waals surface area contributed by atoms with Crippen molar-refractivity contribution in [3.8, 4) is 0 Å². The Morgan fingerprint density at radius 3 is 1.22 bits per heavy atom. The summed E-state index contributed by atoms with van der Waals surface area (Å²) in [6.45, 7) is 0. The van der Waals surface area contributed by atoms with Crippen LogP contribution < -0.4 is 0 Å². The normalized spacial score (nSPS) is 2.67. The van der Waals surface area contributed by atoms with Crippen LogP contribution in [0.25, 0.3) is 0 Å². The molecule has 56 valence electrons. The molecule has 0 atom stereocenters. The van der Waals surface area contributed by atoms with Crippen LogP contribution >= 0.6 is 0 Å². The molecule has 5 nitrogen and oxygen atoms in total. The average molecular weight is 222 g/mol. The van der Waals surface area contributed by atoms with Gasteiger partial charge in [-0.3, -0.25) is 0 Å². The fourth-order valence-corrected chi connectivity index (χ4v) is 0. The summed E-state index contributed by atoms with van der Waals surface area (Å²) in [7, 11) is 0. The van der Waals surface area contributed by atoms with Gasteiger partial charge in [-0.05, 0) is 0 Å². The molecule has 9 heavy (non-hydrogen) atoms. The zero-order chi connectivity index (χ0) is 3.58. The van der Waals surface area contributed by atoms with E-state index in [9.17, 15) is 0 Å². The maximum absolute atomic E-state index is 8.56. The van der Waals surface area contributed by atoms with E-state index in [1.165, 1.54) is 0 Å². The van der Waals surface area contributed by atoms with E-state index in [1.54, 1.807) is 0 Å². The Labute approximate surface area is 114 Å². The van der Waals surface area contributed by atoms with Crippen LogP contribution in [0, 0.1) is 0 Å². The van der Waals surface area contributed by atoms with E-state index in [-0.39, 0.29) is 94.5 Å². The van der Waals surface area contributed by atoms with Crippen molar-refractivity contribution < 1.29 is 48.7 Å². The minimum atomic E-state index is -1.83. The molecule has 0 aromatic carbocycles. The molecule has 0 aliphatic carbocycles. The Hall–Kier alpha value is 1.74. The summed E-state index contributed by atoms with van der Waals surface area (Å²) in [5.74, 6) is 0. The predicted molar refractivity (Wildman–Crippen MR) is 33.8 cm³/mol. The van der Waals surface area contributed by atoms with Crippen molar-refractivity contribution in [1.82, 2.24) is 0 Å². The summed E-state index contributed by atoms with van der Waals surface area (Å²) in [6.07, 6.45) is -1.83. The maximum atomic E-state index is 8.56. The van der Waals surface area contributed by atoms with Crippen LogP contribution in [0.2, 0.25) is 0 Å². The van der Waals surface area contributed by atoms with Gasteiger partial charge in [-0.1, -0.05) is 0 Å². The topological polar surface area (TPSA) is 121 Å². The molecule has 0 saturated carbocycles. The summed E-state index contributed by atoms with van der Waals surface area (Å²) < 4.78 is 0. The molecule has 0 radical (unpaired) electrons. The van der Waals surface area contributed by atoms with Gasteiger partial charge in [0.25, 0.3) is 0 Å². The van der Waals surface area contributed by atoms with Crippen LogP contribution in [0.3, 0.4) is 0 Å². The molecule has 0 bridgehead atoms. The quantitative estimate of drug-likeness (QED) is 0.473. The first-order chi connectivity index (χ1) is 1.73. The Kier molecular flexibility index (Phi) is 167. The van der Waals surface area contributed by atoms with Gasteiger partial charge in [0.15, 0.2) is 0 Å². The molecule has 0 fully saturated rings. The average Bonchev–Trinajstić information content (AvgIpc) is 0.811. The second-order valence-corrected chi connectivity index (χ2v) is 0.283. The minimum Gasteiger partial charge on any atom is -1.00 e. The molecule has 0 rings (SSSR count). The van der Waals surface area contributed by atoms with Gasteiger partial charge in [-0.2, -0.15) is 0 Å². The fourth-order valence-electron chi connectivity index (χ4n) is 0. The molecule has 0 aliphatic rings. The third-order valence-corrected chi connectivity index (χ3v) is 0. The summed E-state index contributed by atoms with van der Waals surface area (Å²) in [4.78, 5) is 8.56. The molecule has 8 heteroatoms. The Morgan fingerprint density at radius 2 is 1.22 bits per heavy atom. The molecule has 0 spiro atoms. The van der Waals surface area contributed by atoms with Crippen molar-refractivity contribution in [2.75, 3.05) is 0 Å². The Balaban J connectivity index is -0.00000000125. The fraction of sp³-hybridized carbons (Fsp3) is 0. The summed E-state index contributed by atoms with van der Waals surface area (Å²) in [5, 5.41) is 13.9. The van der Waals surface area contributed by atoms with Gasteiger partial charge < -0.3 is 26.9 Å². The third kappa shape index (κ3) is 193. The van der Waals surface area contributed by atoms with E-state index < -0.39 is 6.16 Å². The van der Waals surface area contributed by atoms with Gasteiger partial charge in [0.1, 0.15) is 0 Å². The molecule has 0 amide bonds. The summed E-state index contributed by atoms with van der Waals surface area (Å²) in [5.41, 5.74) is 0. The zero-order valence-corrected chi connectivity index (χ0v) is 9.30. The van der Waals surface area contributed by atoms with E-state index in [2.05, 4.69) is 0 Å². The standard InChI is InChI=1S/CH2O3.Ca.Fe.Mg.2H2O.4H/c2-1(3)4;;;;;;;;;/h(H2,2,3,4);;;;2*1H2;;;;/q;+2;;+2;;;4*-1. The molecule has 6 N–H and O–H groups in total. The predicted octanol–water partition coefficient (Wildman–Crippen LogP) is -1.74. The third-order valence-electron chi connectivity index (χ3n) is 0. The largest absolute Gasteiger partial charge is 2.00 e. The minimum absolute atomic E-state index is 0. The van der Waals surface area contributed by atoms with E-state index >= 15 is 0 Å². The van der Waals surface area contributed by atoms with E-state index in [4.69, 9.17) is 15.0 Å². The van der Waals surface area contributed by atoms with Crippen molar-refractivity contribution in [2.45, 2.75) is 0 Å². The summed E-state index contributed by atoms with van der Waals surface area (Å²) in [6, 6.07) is 0. The van der Waals surface area contributed by atoms with Crippen LogP contribution in [-0.2, 0) is 17.1 Å². The smallest absolute Gasteiger partial charge is 1.00 e. The number of hydrogen-bond donors (Lipinski definition) is 2. The first-order valence-corrected chi connectivity index (χ1v) is 0.651. The van der Waals surface area contributed by atoms with Gasteiger partial charge in [-0.15, -0.1) is 0 Å². The first kappa shape index (κ1) is 45.4. The molecule has 0 heterocycles. The number of rotatable bonds is 0. The van der Waals surface area contributed by atoms with E-state index in [0.717, 1.165) is 0 Å². The van der Waals surface area contributed by atoms with Crippen molar-refractivity contribution >= 4 is 66.9 Å². The van der Waals surface area contributed by atoms with Crippen LogP contribution in [0.1, 0.15) is 5.71 Å². The van der Waals surface area contributed by atoms with Gasteiger partial charge >= 0.3 is 66.9 Å². The van der Waals surface area contributed by atoms with Crippen LogP contribution in [0.4, 0.5) is 4.79 Å². The summed E-state index contributed by atoms with van der Waals surface area (Å²) >= 11 is 0. The SMILES string of the molecule is O.O.O=C(O)O.[Ca+2].[Fe].[H-].[H-].[H-].[H-].[Mg+2]. The number of carboxylic acid groups (broad SMARTS) is 2. The molecule has 0 unspecified atom stereocenters. The van der Waals surface area contributed by atoms with Crippen LogP contribution in [0.15, 0.2) is 0 Å². The monoisotopic (exact) mass is 222 g/mol. The maximum Gasteiger partial charge on any atom is 2.00 e. The molecule has 0 aliphatic heterocycles. The molecule has 0 aromatic heterocycles. The first-order valence-electron chi connectivity index (χ1n) is 0.651. The molecular weight excluding hydrogens is 212 g/mol. The van der Waals surface area contributed by atoms with E-state index in [1.807, 2.05) is 0 Å². The molecular formula is CH10CaFeMgO5. The van der Waals surface area contributed by atoms with Crippen LogP contribution in [-0.4, -0.2) is 88.1 Å². The van der Waals surface area contributed by atoms with Crippen LogP contribution in [0.5, 0.6) is 0 Å². The Morgan fingerprint density at radius 1 is 1.22 bits per heavy atom. The van der Waals surface area contributed by atoms with E-state index in [0.29, 0.717) is 0 Å². The van der Waals surface area contributed by atoms with Crippen molar-refractivity contribution in [3.05, 3.63) is 0 Å².